The van der Waals surface area contributed by atoms with E-state index >= 15 is 0 Å². The number of hydrogen-bond donors (Lipinski definition) is 0. The van der Waals surface area contributed by atoms with Gasteiger partial charge in [-0.3, -0.25) is 0 Å². The molecule has 0 saturated carbocycles. The van der Waals surface area contributed by atoms with Crippen LogP contribution in [0.5, 0.6) is 5.75 Å². The number of fused-ring (bicyclic) bond motifs is 1. The quantitative estimate of drug-likeness (QED) is 0.245. The summed E-state index contributed by atoms with van der Waals surface area (Å²) in [6.45, 7) is 12.0. The molecule has 1 aromatic heterocycles. The summed E-state index contributed by atoms with van der Waals surface area (Å²) in [6.07, 6.45) is 3.83. The van der Waals surface area contributed by atoms with Crippen LogP contribution >= 0.6 is 0 Å². The molecule has 1 heterocycles. The molecule has 1 unspecified atom stereocenters. The lowest BCUT2D eigenvalue weighted by molar-refractivity contribution is 0.295. The van der Waals surface area contributed by atoms with Crippen LogP contribution in [0.3, 0.4) is 0 Å². The maximum absolute atomic E-state index is 6.21. The first-order valence-corrected chi connectivity index (χ1v) is 11.9. The van der Waals surface area contributed by atoms with Gasteiger partial charge in [0.25, 0.3) is 0 Å². The molecule has 3 heteroatoms. The monoisotopic (exact) mass is 438 g/mol. The van der Waals surface area contributed by atoms with Crippen LogP contribution in [0.2, 0.25) is 0 Å². The summed E-state index contributed by atoms with van der Waals surface area (Å²) in [5.41, 5.74) is 6.03. The zero-order valence-electron chi connectivity index (χ0n) is 20.0. The number of para-hydroxylation sites is 3. The van der Waals surface area contributed by atoms with Gasteiger partial charge in [-0.25, -0.2) is 4.98 Å². The van der Waals surface area contributed by atoms with Crippen LogP contribution in [-0.2, 0) is 19.4 Å². The fourth-order valence-corrected chi connectivity index (χ4v) is 4.44. The first kappa shape index (κ1) is 22.8. The Kier molecular flexibility index (Phi) is 7.29. The zero-order chi connectivity index (χ0) is 23.2. The third kappa shape index (κ3) is 5.36. The van der Waals surface area contributed by atoms with E-state index in [-0.39, 0.29) is 5.92 Å². The second kappa shape index (κ2) is 10.5. The van der Waals surface area contributed by atoms with Crippen LogP contribution < -0.4 is 4.74 Å². The molecule has 0 aliphatic heterocycles. The van der Waals surface area contributed by atoms with Crippen molar-refractivity contribution in [2.24, 2.45) is 5.92 Å². The van der Waals surface area contributed by atoms with E-state index in [4.69, 9.17) is 9.72 Å². The highest BCUT2D eigenvalue weighted by Crippen LogP contribution is 2.28. The van der Waals surface area contributed by atoms with Crippen LogP contribution in [0.1, 0.15) is 49.2 Å². The van der Waals surface area contributed by atoms with Crippen molar-refractivity contribution in [2.75, 3.05) is 6.61 Å². The van der Waals surface area contributed by atoms with E-state index in [1.807, 2.05) is 24.3 Å². The highest BCUT2D eigenvalue weighted by atomic mass is 16.5. The van der Waals surface area contributed by atoms with Gasteiger partial charge in [0, 0.05) is 5.92 Å². The molecule has 4 aromatic rings. The largest absolute Gasteiger partial charge is 0.491 e. The molecule has 0 fully saturated rings. The van der Waals surface area contributed by atoms with Gasteiger partial charge in [0.05, 0.1) is 17.6 Å². The van der Waals surface area contributed by atoms with Crippen molar-refractivity contribution >= 4 is 11.0 Å². The van der Waals surface area contributed by atoms with Gasteiger partial charge in [0.2, 0.25) is 0 Å². The average molecular weight is 439 g/mol. The molecule has 3 aromatic carbocycles. The van der Waals surface area contributed by atoms with Crippen molar-refractivity contribution in [1.82, 2.24) is 9.55 Å². The maximum Gasteiger partial charge on any atom is 0.122 e. The Morgan fingerprint density at radius 2 is 1.67 bits per heavy atom. The van der Waals surface area contributed by atoms with Gasteiger partial charge in [0.1, 0.15) is 18.2 Å². The number of allylic oxidation sites excluding steroid dienone is 1. The fraction of sp³-hybridized carbons (Fsp3) is 0.300. The predicted octanol–water partition coefficient (Wildman–Crippen LogP) is 7.19. The Bertz CT molecular complexity index is 1200. The lowest BCUT2D eigenvalue weighted by atomic mass is 9.96. The minimum Gasteiger partial charge on any atom is -0.491 e. The number of rotatable bonds is 10. The van der Waals surface area contributed by atoms with Crippen LogP contribution in [0.15, 0.2) is 85.5 Å². The third-order valence-electron chi connectivity index (χ3n) is 6.10. The number of ether oxygens (including phenoxy) is 1. The van der Waals surface area contributed by atoms with Gasteiger partial charge in [-0.2, -0.15) is 0 Å². The predicted molar refractivity (Wildman–Crippen MR) is 138 cm³/mol. The molecule has 0 spiro atoms. The van der Waals surface area contributed by atoms with Crippen LogP contribution in [-0.4, -0.2) is 16.2 Å². The zero-order valence-corrected chi connectivity index (χ0v) is 20.0. The average Bonchev–Trinajstić information content (AvgIpc) is 3.19. The molecule has 3 nitrogen and oxygen atoms in total. The second-order valence-corrected chi connectivity index (χ2v) is 9.12. The van der Waals surface area contributed by atoms with Crippen molar-refractivity contribution in [2.45, 2.75) is 46.1 Å². The smallest absolute Gasteiger partial charge is 0.122 e. The van der Waals surface area contributed by atoms with E-state index in [1.165, 1.54) is 11.1 Å². The topological polar surface area (TPSA) is 27.1 Å². The van der Waals surface area contributed by atoms with E-state index in [0.717, 1.165) is 47.6 Å². The normalized spacial score (nSPS) is 12.2. The summed E-state index contributed by atoms with van der Waals surface area (Å²) < 4.78 is 8.53. The minimum absolute atomic E-state index is 0.193. The highest BCUT2D eigenvalue weighted by molar-refractivity contribution is 5.76. The van der Waals surface area contributed by atoms with Crippen molar-refractivity contribution in [3.8, 4) is 5.75 Å². The van der Waals surface area contributed by atoms with E-state index in [2.05, 4.69) is 86.5 Å². The van der Waals surface area contributed by atoms with E-state index in [0.29, 0.717) is 12.5 Å². The fourth-order valence-electron chi connectivity index (χ4n) is 4.44. The number of imidazole rings is 1. The SMILES string of the molecule is C=CCc1ccccc1OCCn1c(C(C)c2ccc(CC(C)C)cc2)nc2ccccc21. The molecule has 170 valence electrons. The Morgan fingerprint density at radius 3 is 2.42 bits per heavy atom. The van der Waals surface area contributed by atoms with Gasteiger partial charge in [0.15, 0.2) is 0 Å². The molecule has 0 aliphatic rings. The van der Waals surface area contributed by atoms with Gasteiger partial charge in [-0.15, -0.1) is 6.58 Å². The summed E-state index contributed by atoms with van der Waals surface area (Å²) in [5.74, 6) is 2.86. The van der Waals surface area contributed by atoms with Gasteiger partial charge < -0.3 is 9.30 Å². The highest BCUT2D eigenvalue weighted by Gasteiger charge is 2.18. The summed E-state index contributed by atoms with van der Waals surface area (Å²) in [6, 6.07) is 25.6. The Hall–Kier alpha value is -3.33. The van der Waals surface area contributed by atoms with Crippen LogP contribution in [0.4, 0.5) is 0 Å². The number of benzene rings is 3. The Balaban J connectivity index is 1.57. The summed E-state index contributed by atoms with van der Waals surface area (Å²) >= 11 is 0. The lowest BCUT2D eigenvalue weighted by Gasteiger charge is -2.17. The molecule has 0 aliphatic carbocycles. The van der Waals surface area contributed by atoms with Crippen molar-refractivity contribution in [3.63, 3.8) is 0 Å². The van der Waals surface area contributed by atoms with Gasteiger partial charge >= 0.3 is 0 Å². The second-order valence-electron chi connectivity index (χ2n) is 9.12. The summed E-state index contributed by atoms with van der Waals surface area (Å²) in [7, 11) is 0. The van der Waals surface area contributed by atoms with Gasteiger partial charge in [-0.05, 0) is 53.6 Å². The van der Waals surface area contributed by atoms with E-state index in [9.17, 15) is 0 Å². The Labute approximate surface area is 197 Å². The molecule has 0 radical (unpaired) electrons. The molecule has 4 rings (SSSR count). The molecule has 1 atom stereocenters. The van der Waals surface area contributed by atoms with E-state index in [1.54, 1.807) is 0 Å². The molecule has 0 bridgehead atoms. The van der Waals surface area contributed by atoms with Crippen molar-refractivity contribution < 1.29 is 4.74 Å². The first-order valence-electron chi connectivity index (χ1n) is 11.9. The summed E-state index contributed by atoms with van der Waals surface area (Å²) in [5, 5.41) is 0. The van der Waals surface area contributed by atoms with E-state index < -0.39 is 0 Å². The molecule has 33 heavy (non-hydrogen) atoms. The number of nitrogens with zero attached hydrogens (tertiary/aromatic N) is 2. The molecular weight excluding hydrogens is 404 g/mol. The van der Waals surface area contributed by atoms with Gasteiger partial charge in [-0.1, -0.05) is 81.4 Å². The van der Waals surface area contributed by atoms with Crippen molar-refractivity contribution in [1.29, 1.82) is 0 Å². The Morgan fingerprint density at radius 1 is 0.939 bits per heavy atom. The molecule has 0 amide bonds. The molecule has 0 N–H and O–H groups in total. The number of aromatic nitrogens is 2. The van der Waals surface area contributed by atoms with Crippen molar-refractivity contribution in [3.05, 3.63) is 108 Å². The lowest BCUT2D eigenvalue weighted by Crippen LogP contribution is -2.14. The minimum atomic E-state index is 0.193. The third-order valence-corrected chi connectivity index (χ3v) is 6.10. The maximum atomic E-state index is 6.21. The molecular formula is C30H34N2O. The molecule has 0 saturated heterocycles. The number of hydrogen-bond acceptors (Lipinski definition) is 2. The van der Waals surface area contributed by atoms with Crippen LogP contribution in [0.25, 0.3) is 11.0 Å². The standard InChI is InChI=1S/C30H34N2O/c1-5-10-26-11-6-9-14-29(26)33-20-19-32-28-13-8-7-12-27(28)31-30(32)23(4)25-17-15-24(16-18-25)21-22(2)3/h5-9,11-18,22-23H,1,10,19-21H2,2-4H3. The first-order chi connectivity index (χ1) is 16.1. The summed E-state index contributed by atoms with van der Waals surface area (Å²) in [4.78, 5) is 5.03. The van der Waals surface area contributed by atoms with Crippen LogP contribution in [0, 0.1) is 5.92 Å².